The van der Waals surface area contributed by atoms with E-state index in [2.05, 4.69) is 10.3 Å². The van der Waals surface area contributed by atoms with Crippen molar-refractivity contribution in [3.63, 3.8) is 0 Å². The van der Waals surface area contributed by atoms with Crippen LogP contribution in [-0.2, 0) is 4.79 Å². The molecule has 4 nitrogen and oxygen atoms in total. The molecule has 0 aromatic heterocycles. The SMILES string of the molecule is O=C([O-])C1=Nc2cccc3cccc(c23)N1. The number of aliphatic imine (C=N–C) groups is 1. The summed E-state index contributed by atoms with van der Waals surface area (Å²) in [4.78, 5) is 14.8. The number of anilines is 1. The third-order valence-corrected chi connectivity index (χ3v) is 2.56. The first-order valence-electron chi connectivity index (χ1n) is 4.84. The lowest BCUT2D eigenvalue weighted by molar-refractivity contribution is -0.294. The van der Waals surface area contributed by atoms with Crippen molar-refractivity contribution >= 4 is 34.0 Å². The molecule has 1 N–H and O–H groups in total. The van der Waals surface area contributed by atoms with Crippen LogP contribution in [0.25, 0.3) is 10.8 Å². The van der Waals surface area contributed by atoms with Gasteiger partial charge in [-0.05, 0) is 17.5 Å². The predicted molar refractivity (Wildman–Crippen MR) is 59.7 cm³/mol. The zero-order valence-electron chi connectivity index (χ0n) is 8.23. The van der Waals surface area contributed by atoms with Crippen molar-refractivity contribution in [1.29, 1.82) is 0 Å². The lowest BCUT2D eigenvalue weighted by atomic mass is 10.1. The topological polar surface area (TPSA) is 64.5 Å². The third-order valence-electron chi connectivity index (χ3n) is 2.56. The molecule has 78 valence electrons. The van der Waals surface area contributed by atoms with Crippen LogP contribution < -0.4 is 10.4 Å². The molecule has 1 heterocycles. The molecule has 0 bridgehead atoms. The highest BCUT2D eigenvalue weighted by Crippen LogP contribution is 2.35. The quantitative estimate of drug-likeness (QED) is 0.766. The average molecular weight is 211 g/mol. The number of nitrogens with zero attached hydrogens (tertiary/aromatic N) is 1. The number of rotatable bonds is 1. The van der Waals surface area contributed by atoms with E-state index in [-0.39, 0.29) is 5.84 Å². The molecular weight excluding hydrogens is 204 g/mol. The number of carbonyl (C=O) groups is 1. The number of carbonyl (C=O) groups excluding carboxylic acids is 1. The van der Waals surface area contributed by atoms with Crippen LogP contribution in [0.2, 0.25) is 0 Å². The van der Waals surface area contributed by atoms with Crippen LogP contribution in [0.1, 0.15) is 0 Å². The van der Waals surface area contributed by atoms with E-state index in [0.29, 0.717) is 5.69 Å². The number of carboxylic acid groups (broad SMARTS) is 1. The van der Waals surface area contributed by atoms with Crippen LogP contribution in [0.3, 0.4) is 0 Å². The summed E-state index contributed by atoms with van der Waals surface area (Å²) in [5.41, 5.74) is 1.41. The molecule has 0 fully saturated rings. The highest BCUT2D eigenvalue weighted by molar-refractivity contribution is 6.41. The maximum Gasteiger partial charge on any atom is 0.154 e. The minimum Gasteiger partial charge on any atom is -0.542 e. The van der Waals surface area contributed by atoms with Gasteiger partial charge < -0.3 is 15.2 Å². The second-order valence-corrected chi connectivity index (χ2v) is 3.55. The fraction of sp³-hybridized carbons (Fsp3) is 0. The summed E-state index contributed by atoms with van der Waals surface area (Å²) < 4.78 is 0. The summed E-state index contributed by atoms with van der Waals surface area (Å²) in [5.74, 6) is -1.45. The molecule has 0 saturated carbocycles. The standard InChI is InChI=1S/C12H8N2O2/c15-12(16)11-13-8-5-1-3-7-4-2-6-9(14-11)10(7)8/h1-6H,(H,13,14)(H,15,16)/p-1. The Morgan fingerprint density at radius 2 is 1.94 bits per heavy atom. The van der Waals surface area contributed by atoms with Crippen molar-refractivity contribution in [2.75, 3.05) is 5.32 Å². The van der Waals surface area contributed by atoms with Gasteiger partial charge in [0.05, 0.1) is 5.69 Å². The monoisotopic (exact) mass is 211 g/mol. The minimum atomic E-state index is -1.30. The van der Waals surface area contributed by atoms with Gasteiger partial charge in [0.1, 0.15) is 5.97 Å². The molecule has 0 atom stereocenters. The molecule has 0 spiro atoms. The summed E-state index contributed by atoms with van der Waals surface area (Å²) >= 11 is 0. The second-order valence-electron chi connectivity index (χ2n) is 3.55. The highest BCUT2D eigenvalue weighted by atomic mass is 16.4. The van der Waals surface area contributed by atoms with Crippen LogP contribution in [0, 0.1) is 0 Å². The summed E-state index contributed by atoms with van der Waals surface area (Å²) in [7, 11) is 0. The lowest BCUT2D eigenvalue weighted by Gasteiger charge is -2.18. The molecular formula is C12H7N2O2-. The summed E-state index contributed by atoms with van der Waals surface area (Å²) in [6, 6.07) is 11.3. The first-order chi connectivity index (χ1) is 7.75. The Bertz CT molecular complexity index is 627. The van der Waals surface area contributed by atoms with E-state index >= 15 is 0 Å². The van der Waals surface area contributed by atoms with Crippen LogP contribution in [0.5, 0.6) is 0 Å². The Morgan fingerprint density at radius 1 is 1.19 bits per heavy atom. The first kappa shape index (κ1) is 8.91. The molecule has 0 saturated heterocycles. The molecule has 1 aliphatic rings. The highest BCUT2D eigenvalue weighted by Gasteiger charge is 2.13. The van der Waals surface area contributed by atoms with E-state index in [1.807, 2.05) is 30.3 Å². The van der Waals surface area contributed by atoms with Gasteiger partial charge in [-0.25, -0.2) is 4.99 Å². The van der Waals surface area contributed by atoms with Gasteiger partial charge in [-0.15, -0.1) is 0 Å². The molecule has 3 rings (SSSR count). The molecule has 1 aliphatic heterocycles. The van der Waals surface area contributed by atoms with Crippen molar-refractivity contribution in [1.82, 2.24) is 0 Å². The van der Waals surface area contributed by atoms with Crippen molar-refractivity contribution in [2.45, 2.75) is 0 Å². The smallest absolute Gasteiger partial charge is 0.154 e. The van der Waals surface area contributed by atoms with E-state index in [0.717, 1.165) is 16.5 Å². The Labute approximate surface area is 91.2 Å². The van der Waals surface area contributed by atoms with Gasteiger partial charge >= 0.3 is 0 Å². The van der Waals surface area contributed by atoms with Gasteiger partial charge in [0.15, 0.2) is 5.84 Å². The van der Waals surface area contributed by atoms with Gasteiger partial charge in [0, 0.05) is 11.1 Å². The molecule has 0 unspecified atom stereocenters. The van der Waals surface area contributed by atoms with E-state index in [4.69, 9.17) is 0 Å². The normalized spacial score (nSPS) is 13.1. The molecule has 0 aliphatic carbocycles. The zero-order valence-corrected chi connectivity index (χ0v) is 8.23. The maximum atomic E-state index is 10.8. The van der Waals surface area contributed by atoms with Crippen LogP contribution in [0.4, 0.5) is 11.4 Å². The van der Waals surface area contributed by atoms with Gasteiger partial charge in [-0.1, -0.05) is 24.3 Å². The van der Waals surface area contributed by atoms with Crippen molar-refractivity contribution in [2.24, 2.45) is 4.99 Å². The molecule has 4 heteroatoms. The van der Waals surface area contributed by atoms with Gasteiger partial charge in [0.25, 0.3) is 0 Å². The summed E-state index contributed by atoms with van der Waals surface area (Å²) in [6.45, 7) is 0. The third kappa shape index (κ3) is 1.16. The largest absolute Gasteiger partial charge is 0.542 e. The first-order valence-corrected chi connectivity index (χ1v) is 4.84. The van der Waals surface area contributed by atoms with Gasteiger partial charge in [-0.3, -0.25) is 0 Å². The average Bonchev–Trinajstić information content (AvgIpc) is 2.29. The molecule has 16 heavy (non-hydrogen) atoms. The molecule has 0 amide bonds. The fourth-order valence-electron chi connectivity index (χ4n) is 1.89. The summed E-state index contributed by atoms with van der Waals surface area (Å²) in [5, 5.41) is 15.5. The lowest BCUT2D eigenvalue weighted by Crippen LogP contribution is -2.37. The molecule has 2 aromatic rings. The van der Waals surface area contributed by atoms with Crippen LogP contribution in [0.15, 0.2) is 41.4 Å². The van der Waals surface area contributed by atoms with Crippen molar-refractivity contribution < 1.29 is 9.90 Å². The fourth-order valence-corrected chi connectivity index (χ4v) is 1.89. The second kappa shape index (κ2) is 3.06. The number of aliphatic carboxylic acids is 1. The Morgan fingerprint density at radius 3 is 2.69 bits per heavy atom. The molecule has 0 radical (unpaired) electrons. The summed E-state index contributed by atoms with van der Waals surface area (Å²) in [6.07, 6.45) is 0. The number of benzene rings is 2. The number of hydrogen-bond donors (Lipinski definition) is 1. The van der Waals surface area contributed by atoms with E-state index in [1.165, 1.54) is 0 Å². The van der Waals surface area contributed by atoms with E-state index in [9.17, 15) is 9.90 Å². The van der Waals surface area contributed by atoms with Crippen molar-refractivity contribution in [3.8, 4) is 0 Å². The van der Waals surface area contributed by atoms with E-state index in [1.54, 1.807) is 6.07 Å². The molecule has 2 aromatic carbocycles. The number of nitrogens with one attached hydrogen (secondary N) is 1. The number of carboxylic acids is 1. The van der Waals surface area contributed by atoms with Crippen molar-refractivity contribution in [3.05, 3.63) is 36.4 Å². The Kier molecular flexibility index (Phi) is 1.71. The van der Waals surface area contributed by atoms with Crippen LogP contribution >= 0.6 is 0 Å². The zero-order chi connectivity index (χ0) is 11.1. The number of hydrogen-bond acceptors (Lipinski definition) is 4. The van der Waals surface area contributed by atoms with E-state index < -0.39 is 5.97 Å². The maximum absolute atomic E-state index is 10.8. The van der Waals surface area contributed by atoms with Gasteiger partial charge in [-0.2, -0.15) is 0 Å². The Hall–Kier alpha value is -2.36. The Balaban J connectivity index is 2.36. The predicted octanol–water partition coefficient (Wildman–Crippen LogP) is 1.05. The van der Waals surface area contributed by atoms with Crippen LogP contribution in [-0.4, -0.2) is 11.8 Å². The number of amidine groups is 1. The minimum absolute atomic E-state index is 0.147. The van der Waals surface area contributed by atoms with Gasteiger partial charge in [0.2, 0.25) is 0 Å².